The third-order valence-corrected chi connectivity index (χ3v) is 9.75. The van der Waals surface area contributed by atoms with Gasteiger partial charge in [0.15, 0.2) is 0 Å². The second-order valence-electron chi connectivity index (χ2n) is 8.60. The van der Waals surface area contributed by atoms with Crippen LogP contribution < -0.4 is 0 Å². The Labute approximate surface area is 190 Å². The predicted octanol–water partition coefficient (Wildman–Crippen LogP) is 7.97. The molecule has 180 valence electrons. The molecule has 0 fully saturated rings. The molecular weight excluding hydrogens is 430 g/mol. The molecule has 0 saturated carbocycles. The van der Waals surface area contributed by atoms with E-state index in [0.717, 1.165) is 38.5 Å². The topological polar surface area (TPSA) is 83.8 Å². The van der Waals surface area contributed by atoms with Crippen molar-refractivity contribution in [2.24, 2.45) is 0 Å². The molecule has 0 aromatic carbocycles. The summed E-state index contributed by atoms with van der Waals surface area (Å²) in [5, 5.41) is 0. The van der Waals surface area contributed by atoms with Gasteiger partial charge in [0.2, 0.25) is 7.37 Å². The largest absolute Gasteiger partial charge is 0.335 e. The van der Waals surface area contributed by atoms with E-state index in [2.05, 4.69) is 45.9 Å². The van der Waals surface area contributed by atoms with Gasteiger partial charge in [-0.15, -0.1) is 0 Å². The Morgan fingerprint density at radius 1 is 0.742 bits per heavy atom. The van der Waals surface area contributed by atoms with Crippen LogP contribution in [0, 0.1) is 0 Å². The van der Waals surface area contributed by atoms with Crippen LogP contribution in [0.25, 0.3) is 0 Å². The van der Waals surface area contributed by atoms with Crippen LogP contribution in [0.15, 0.2) is 46.6 Å². The minimum absolute atomic E-state index is 0.164. The molecule has 0 spiro atoms. The Morgan fingerprint density at radius 3 is 1.55 bits per heavy atom. The molecule has 0 radical (unpaired) electrons. The van der Waals surface area contributed by atoms with E-state index >= 15 is 0 Å². The maximum absolute atomic E-state index is 12.6. The first-order valence-electron chi connectivity index (χ1n) is 11.2. The van der Waals surface area contributed by atoms with Gasteiger partial charge >= 0.3 is 7.60 Å². The van der Waals surface area contributed by atoms with Crippen molar-refractivity contribution < 1.29 is 23.4 Å². The average Bonchev–Trinajstić information content (AvgIpc) is 2.59. The van der Waals surface area contributed by atoms with Crippen LogP contribution in [-0.4, -0.2) is 28.5 Å². The fourth-order valence-electron chi connectivity index (χ4n) is 3.19. The number of hydrogen-bond acceptors (Lipinski definition) is 3. The molecule has 0 aromatic heterocycles. The summed E-state index contributed by atoms with van der Waals surface area (Å²) in [5.74, 6) is -0.675. The van der Waals surface area contributed by atoms with Crippen molar-refractivity contribution in [3.8, 4) is 0 Å². The second kappa shape index (κ2) is 16.0. The zero-order chi connectivity index (χ0) is 23.9. The summed E-state index contributed by atoms with van der Waals surface area (Å²) in [6.45, 7) is 12.6. The first kappa shape index (κ1) is 30.3. The van der Waals surface area contributed by atoms with Gasteiger partial charge in [-0.3, -0.25) is 9.13 Å². The van der Waals surface area contributed by atoms with Crippen molar-refractivity contribution in [2.45, 2.75) is 86.5 Å². The summed E-state index contributed by atoms with van der Waals surface area (Å²) in [7, 11) is -7.66. The molecule has 7 heteroatoms. The fraction of sp³-hybridized carbons (Fsp3) is 0.667. The predicted molar refractivity (Wildman–Crippen MR) is 134 cm³/mol. The van der Waals surface area contributed by atoms with Gasteiger partial charge in [0.25, 0.3) is 0 Å². The smallest absolute Gasteiger partial charge is 0.328 e. The number of allylic oxidation sites excluding steroid dienone is 8. The lowest BCUT2D eigenvalue weighted by molar-refractivity contribution is 0.330. The molecule has 1 atom stereocenters. The molecule has 0 heterocycles. The zero-order valence-corrected chi connectivity index (χ0v) is 22.2. The highest BCUT2D eigenvalue weighted by Gasteiger charge is 2.31. The Bertz CT molecular complexity index is 737. The molecule has 1 unspecified atom stereocenters. The van der Waals surface area contributed by atoms with Gasteiger partial charge in [0.1, 0.15) is 5.90 Å². The molecule has 0 aliphatic heterocycles. The molecule has 5 nitrogen and oxygen atoms in total. The van der Waals surface area contributed by atoms with Crippen LogP contribution in [0.2, 0.25) is 0 Å². The minimum atomic E-state index is -4.36. The van der Waals surface area contributed by atoms with Crippen LogP contribution >= 0.6 is 15.0 Å². The van der Waals surface area contributed by atoms with Gasteiger partial charge in [-0.05, 0) is 86.5 Å². The van der Waals surface area contributed by atoms with Crippen molar-refractivity contribution in [3.05, 3.63) is 46.6 Å². The lowest BCUT2D eigenvalue weighted by Gasteiger charge is -2.17. The molecular formula is C24H44O5P2. The summed E-state index contributed by atoms with van der Waals surface area (Å²) >= 11 is 0. The third kappa shape index (κ3) is 18.6. The van der Waals surface area contributed by atoms with Gasteiger partial charge in [-0.25, -0.2) is 0 Å². The summed E-state index contributed by atoms with van der Waals surface area (Å²) < 4.78 is 29.0. The average molecular weight is 475 g/mol. The number of hydrogen-bond donors (Lipinski definition) is 2. The van der Waals surface area contributed by atoms with E-state index in [1.807, 2.05) is 13.0 Å². The molecule has 2 N–H and O–H groups in total. The Balaban J connectivity index is 4.37. The monoisotopic (exact) mass is 474 g/mol. The third-order valence-electron chi connectivity index (χ3n) is 4.88. The van der Waals surface area contributed by atoms with Crippen LogP contribution in [0.5, 0.6) is 0 Å². The van der Waals surface area contributed by atoms with Gasteiger partial charge in [0.05, 0.1) is 6.61 Å². The van der Waals surface area contributed by atoms with Gasteiger partial charge in [0, 0.05) is 6.16 Å². The Morgan fingerprint density at radius 2 is 1.16 bits per heavy atom. The van der Waals surface area contributed by atoms with Crippen LogP contribution in [0.1, 0.15) is 86.5 Å². The SMILES string of the molecule is CCOP(=O)(CCC=C(C)CCC=C(C)CCC=C(C)CCC=C(C)C)CP(=O)(O)O. The molecule has 0 amide bonds. The van der Waals surface area contributed by atoms with E-state index < -0.39 is 20.9 Å². The molecule has 31 heavy (non-hydrogen) atoms. The van der Waals surface area contributed by atoms with Crippen LogP contribution in [-0.2, 0) is 13.7 Å². The highest BCUT2D eigenvalue weighted by atomic mass is 31.2. The minimum Gasteiger partial charge on any atom is -0.328 e. The van der Waals surface area contributed by atoms with E-state index in [1.54, 1.807) is 6.92 Å². The summed E-state index contributed by atoms with van der Waals surface area (Å²) in [4.78, 5) is 18.3. The van der Waals surface area contributed by atoms with E-state index in [-0.39, 0.29) is 12.8 Å². The molecule has 0 aromatic rings. The van der Waals surface area contributed by atoms with Gasteiger partial charge in [-0.2, -0.15) is 0 Å². The highest BCUT2D eigenvalue weighted by Crippen LogP contribution is 2.58. The standard InChI is InChI=1S/C24H44O5P2/c1-7-29-30(25,20-31(26,27)28)19-11-18-24(6)17-10-16-23(5)15-9-14-22(4)13-8-12-21(2)3/h12,14,16,18H,7-11,13,15,17,19-20H2,1-6H3,(H2,26,27,28). The summed E-state index contributed by atoms with van der Waals surface area (Å²) in [5.41, 5.74) is 5.41. The first-order valence-corrected chi connectivity index (χ1v) is 15.0. The molecule has 0 aliphatic carbocycles. The summed E-state index contributed by atoms with van der Waals surface area (Å²) in [6, 6.07) is 0. The Hall–Kier alpha value is -0.700. The van der Waals surface area contributed by atoms with Crippen molar-refractivity contribution in [1.82, 2.24) is 0 Å². The maximum Gasteiger partial charge on any atom is 0.335 e. The van der Waals surface area contributed by atoms with Crippen molar-refractivity contribution in [2.75, 3.05) is 18.7 Å². The summed E-state index contributed by atoms with van der Waals surface area (Å²) in [6.07, 6.45) is 15.9. The second-order valence-corrected chi connectivity index (χ2v) is 13.4. The fourth-order valence-corrected chi connectivity index (χ4v) is 7.45. The van der Waals surface area contributed by atoms with Gasteiger partial charge < -0.3 is 14.3 Å². The van der Waals surface area contributed by atoms with Crippen molar-refractivity contribution in [1.29, 1.82) is 0 Å². The van der Waals surface area contributed by atoms with E-state index in [1.165, 1.54) is 22.3 Å². The van der Waals surface area contributed by atoms with E-state index in [0.29, 0.717) is 6.42 Å². The molecule has 0 saturated heterocycles. The molecule has 0 aliphatic rings. The number of rotatable bonds is 16. The normalized spacial score (nSPS) is 15.7. The quantitative estimate of drug-likeness (QED) is 0.175. The van der Waals surface area contributed by atoms with Crippen molar-refractivity contribution in [3.63, 3.8) is 0 Å². The molecule has 0 rings (SSSR count). The van der Waals surface area contributed by atoms with E-state index in [4.69, 9.17) is 14.3 Å². The Kier molecular flexibility index (Phi) is 15.6. The van der Waals surface area contributed by atoms with Gasteiger partial charge in [-0.1, -0.05) is 46.6 Å². The highest BCUT2D eigenvalue weighted by molar-refractivity contribution is 7.73. The molecule has 0 bridgehead atoms. The first-order chi connectivity index (χ1) is 14.4. The lowest BCUT2D eigenvalue weighted by atomic mass is 10.0. The maximum atomic E-state index is 12.6. The zero-order valence-electron chi connectivity index (χ0n) is 20.4. The van der Waals surface area contributed by atoms with Crippen molar-refractivity contribution >= 4 is 15.0 Å². The lowest BCUT2D eigenvalue weighted by Crippen LogP contribution is -2.01. The van der Waals surface area contributed by atoms with E-state index in [9.17, 15) is 9.13 Å². The van der Waals surface area contributed by atoms with Crippen LogP contribution in [0.4, 0.5) is 0 Å². The van der Waals surface area contributed by atoms with Crippen LogP contribution in [0.3, 0.4) is 0 Å².